The van der Waals surface area contributed by atoms with Gasteiger partial charge in [-0.05, 0) is 31.7 Å². The molecule has 1 aliphatic heterocycles. The molecule has 1 aliphatic carbocycles. The number of rotatable bonds is 4. The van der Waals surface area contributed by atoms with Gasteiger partial charge in [0, 0.05) is 18.7 Å². The molecule has 1 saturated heterocycles. The van der Waals surface area contributed by atoms with Crippen molar-refractivity contribution in [2.45, 2.75) is 32.6 Å². The van der Waals surface area contributed by atoms with Gasteiger partial charge in [-0.15, -0.1) is 0 Å². The molecule has 2 aliphatic rings. The van der Waals surface area contributed by atoms with Crippen LogP contribution >= 0.6 is 0 Å². The number of carboxylic acids is 1. The fourth-order valence-corrected chi connectivity index (χ4v) is 4.15. The Kier molecular flexibility index (Phi) is 4.04. The maximum atomic E-state index is 12.7. The van der Waals surface area contributed by atoms with Crippen molar-refractivity contribution < 1.29 is 19.4 Å². The molecule has 1 saturated carbocycles. The molecule has 1 heterocycles. The number of carbonyl (C=O) groups is 2. The lowest BCUT2D eigenvalue weighted by Crippen LogP contribution is -2.37. The average Bonchev–Trinajstić information content (AvgIpc) is 3.05. The zero-order chi connectivity index (χ0) is 16.6. The summed E-state index contributed by atoms with van der Waals surface area (Å²) >= 11 is 0. The van der Waals surface area contributed by atoms with Gasteiger partial charge in [-0.25, -0.2) is 0 Å². The van der Waals surface area contributed by atoms with Gasteiger partial charge in [0.25, 0.3) is 0 Å². The number of aryl methyl sites for hydroxylation is 1. The fourth-order valence-electron chi connectivity index (χ4n) is 4.15. The van der Waals surface area contributed by atoms with Crippen LogP contribution in [0.1, 0.15) is 30.4 Å². The lowest BCUT2D eigenvalue weighted by Gasteiger charge is -2.23. The molecule has 1 amide bonds. The van der Waals surface area contributed by atoms with Crippen LogP contribution in [0.15, 0.2) is 18.2 Å². The predicted molar refractivity (Wildman–Crippen MR) is 85.4 cm³/mol. The van der Waals surface area contributed by atoms with Gasteiger partial charge in [-0.2, -0.15) is 0 Å². The quantitative estimate of drug-likeness (QED) is 0.925. The number of benzene rings is 1. The Morgan fingerprint density at radius 3 is 2.87 bits per heavy atom. The summed E-state index contributed by atoms with van der Waals surface area (Å²) in [7, 11) is 1.60. The number of amides is 1. The van der Waals surface area contributed by atoms with E-state index in [0.717, 1.165) is 24.0 Å². The third kappa shape index (κ3) is 2.69. The minimum atomic E-state index is -0.747. The van der Waals surface area contributed by atoms with Crippen LogP contribution in [-0.2, 0) is 16.0 Å². The lowest BCUT2D eigenvalue weighted by atomic mass is 9.81. The minimum Gasteiger partial charge on any atom is -0.496 e. The van der Waals surface area contributed by atoms with E-state index in [1.165, 1.54) is 0 Å². The number of hydrogen-bond acceptors (Lipinski definition) is 3. The van der Waals surface area contributed by atoms with E-state index in [2.05, 4.69) is 0 Å². The molecule has 1 N–H and O–H groups in total. The highest BCUT2D eigenvalue weighted by Crippen LogP contribution is 2.49. The van der Waals surface area contributed by atoms with E-state index in [1.54, 1.807) is 12.0 Å². The molecule has 5 nitrogen and oxygen atoms in total. The van der Waals surface area contributed by atoms with Gasteiger partial charge in [0.05, 0.1) is 18.9 Å². The number of ether oxygens (including phenoxy) is 1. The average molecular weight is 317 g/mol. The molecule has 124 valence electrons. The van der Waals surface area contributed by atoms with E-state index < -0.39 is 11.4 Å². The van der Waals surface area contributed by atoms with Crippen molar-refractivity contribution >= 4 is 11.9 Å². The summed E-state index contributed by atoms with van der Waals surface area (Å²) in [5, 5.41) is 9.62. The second kappa shape index (κ2) is 5.87. The first-order valence-electron chi connectivity index (χ1n) is 8.11. The summed E-state index contributed by atoms with van der Waals surface area (Å²) in [6, 6.07) is 5.78. The molecule has 5 heteroatoms. The number of fused-ring (bicyclic) bond motifs is 1. The van der Waals surface area contributed by atoms with Crippen molar-refractivity contribution in [3.05, 3.63) is 29.3 Å². The molecule has 23 heavy (non-hydrogen) atoms. The Balaban J connectivity index is 1.76. The molecule has 0 spiro atoms. The molecule has 0 aromatic heterocycles. The van der Waals surface area contributed by atoms with E-state index >= 15 is 0 Å². The standard InChI is InChI=1S/C18H23NO4/c1-12-5-6-15(23-2)13(8-12)9-16(20)19-10-14-4-3-7-18(14,11-19)17(21)22/h5-6,8,14H,3-4,7,9-11H2,1-2H3,(H,21,22)/t14-,18+/m0/s1. The Morgan fingerprint density at radius 2 is 2.22 bits per heavy atom. The zero-order valence-electron chi connectivity index (χ0n) is 13.7. The molecule has 2 atom stereocenters. The number of methoxy groups -OCH3 is 1. The van der Waals surface area contributed by atoms with Crippen LogP contribution in [0.25, 0.3) is 0 Å². The lowest BCUT2D eigenvalue weighted by molar-refractivity contribution is -0.149. The van der Waals surface area contributed by atoms with Crippen LogP contribution in [0.5, 0.6) is 5.75 Å². The first-order chi connectivity index (χ1) is 11.0. The molecule has 1 aromatic carbocycles. The van der Waals surface area contributed by atoms with Crippen molar-refractivity contribution in [3.63, 3.8) is 0 Å². The molecule has 0 unspecified atom stereocenters. The second-order valence-electron chi connectivity index (χ2n) is 6.82. The molecule has 0 radical (unpaired) electrons. The first kappa shape index (κ1) is 15.8. The van der Waals surface area contributed by atoms with Crippen LogP contribution in [0.2, 0.25) is 0 Å². The zero-order valence-corrected chi connectivity index (χ0v) is 13.7. The molecule has 0 bridgehead atoms. The van der Waals surface area contributed by atoms with Gasteiger partial charge in [0.15, 0.2) is 0 Å². The number of nitrogens with zero attached hydrogens (tertiary/aromatic N) is 1. The normalized spacial score (nSPS) is 26.2. The van der Waals surface area contributed by atoms with E-state index in [-0.39, 0.29) is 18.2 Å². The van der Waals surface area contributed by atoms with E-state index in [9.17, 15) is 14.7 Å². The summed E-state index contributed by atoms with van der Waals surface area (Å²) in [5.74, 6) is 0.0482. The number of hydrogen-bond donors (Lipinski definition) is 1. The number of likely N-dealkylation sites (tertiary alicyclic amines) is 1. The summed E-state index contributed by atoms with van der Waals surface area (Å²) in [5.41, 5.74) is 1.22. The van der Waals surface area contributed by atoms with Gasteiger partial charge in [0.2, 0.25) is 5.91 Å². The molecule has 1 aromatic rings. The van der Waals surface area contributed by atoms with Gasteiger partial charge in [-0.3, -0.25) is 9.59 Å². The predicted octanol–water partition coefficient (Wildman–Crippen LogP) is 2.26. The third-order valence-corrected chi connectivity index (χ3v) is 5.43. The largest absolute Gasteiger partial charge is 0.496 e. The number of carboxylic acid groups (broad SMARTS) is 1. The third-order valence-electron chi connectivity index (χ3n) is 5.43. The van der Waals surface area contributed by atoms with Crippen LogP contribution in [0.3, 0.4) is 0 Å². The van der Waals surface area contributed by atoms with E-state index in [0.29, 0.717) is 25.3 Å². The topological polar surface area (TPSA) is 66.8 Å². The first-order valence-corrected chi connectivity index (χ1v) is 8.11. The van der Waals surface area contributed by atoms with E-state index in [4.69, 9.17) is 4.74 Å². The van der Waals surface area contributed by atoms with Crippen molar-refractivity contribution in [3.8, 4) is 5.75 Å². The van der Waals surface area contributed by atoms with Crippen LogP contribution < -0.4 is 4.74 Å². The summed E-state index contributed by atoms with van der Waals surface area (Å²) in [6.45, 7) is 2.90. The van der Waals surface area contributed by atoms with E-state index in [1.807, 2.05) is 25.1 Å². The summed E-state index contributed by atoms with van der Waals surface area (Å²) in [4.78, 5) is 26.1. The monoisotopic (exact) mass is 317 g/mol. The Bertz CT molecular complexity index is 642. The highest BCUT2D eigenvalue weighted by atomic mass is 16.5. The van der Waals surface area contributed by atoms with Gasteiger partial charge in [-0.1, -0.05) is 24.1 Å². The molecule has 3 rings (SSSR count). The molecular formula is C18H23NO4. The Morgan fingerprint density at radius 1 is 1.43 bits per heavy atom. The minimum absolute atomic E-state index is 0.0103. The van der Waals surface area contributed by atoms with Gasteiger partial charge < -0.3 is 14.7 Å². The van der Waals surface area contributed by atoms with Crippen LogP contribution in [0, 0.1) is 18.3 Å². The highest BCUT2D eigenvalue weighted by molar-refractivity contribution is 5.83. The van der Waals surface area contributed by atoms with Crippen molar-refractivity contribution in [2.24, 2.45) is 11.3 Å². The summed E-state index contributed by atoms with van der Waals surface area (Å²) in [6.07, 6.45) is 2.80. The maximum absolute atomic E-state index is 12.7. The SMILES string of the molecule is COc1ccc(C)cc1CC(=O)N1C[C@@H]2CCC[C@@]2(C(=O)O)C1. The second-order valence-corrected chi connectivity index (χ2v) is 6.82. The van der Waals surface area contributed by atoms with Crippen molar-refractivity contribution in [1.82, 2.24) is 4.90 Å². The van der Waals surface area contributed by atoms with Crippen molar-refractivity contribution in [1.29, 1.82) is 0 Å². The highest BCUT2D eigenvalue weighted by Gasteiger charge is 2.55. The van der Waals surface area contributed by atoms with Gasteiger partial charge >= 0.3 is 5.97 Å². The molecular weight excluding hydrogens is 294 g/mol. The van der Waals surface area contributed by atoms with Crippen LogP contribution in [0.4, 0.5) is 0 Å². The maximum Gasteiger partial charge on any atom is 0.311 e. The van der Waals surface area contributed by atoms with Crippen LogP contribution in [-0.4, -0.2) is 42.1 Å². The number of carbonyl (C=O) groups excluding carboxylic acids is 1. The molecule has 2 fully saturated rings. The Hall–Kier alpha value is -2.04. The number of aliphatic carboxylic acids is 1. The van der Waals surface area contributed by atoms with Gasteiger partial charge in [0.1, 0.15) is 5.75 Å². The summed E-state index contributed by atoms with van der Waals surface area (Å²) < 4.78 is 5.33. The fraction of sp³-hybridized carbons (Fsp3) is 0.556. The smallest absolute Gasteiger partial charge is 0.311 e. The Labute approximate surface area is 136 Å². The van der Waals surface area contributed by atoms with Crippen molar-refractivity contribution in [2.75, 3.05) is 20.2 Å².